The van der Waals surface area contributed by atoms with Crippen LogP contribution in [-0.4, -0.2) is 27.5 Å². The van der Waals surface area contributed by atoms with Crippen molar-refractivity contribution in [3.8, 4) is 5.75 Å². The number of carboxylic acids is 1. The molecule has 0 saturated carbocycles. The quantitative estimate of drug-likeness (QED) is 0.742. The molecule has 0 heterocycles. The molecule has 0 N–H and O–H groups in total. The third-order valence-corrected chi connectivity index (χ3v) is 5.13. The Labute approximate surface area is 145 Å². The summed E-state index contributed by atoms with van der Waals surface area (Å²) < 4.78 is 31.9. The summed E-state index contributed by atoms with van der Waals surface area (Å²) in [7, 11) is -4.13. The van der Waals surface area contributed by atoms with Gasteiger partial charge in [0, 0.05) is 5.02 Å². The minimum atomic E-state index is -4.13. The molecule has 0 aromatic heterocycles. The summed E-state index contributed by atoms with van der Waals surface area (Å²) in [5.74, 6) is -1.27. The van der Waals surface area contributed by atoms with Gasteiger partial charge in [-0.1, -0.05) is 23.7 Å². The minimum absolute atomic E-state index is 0.0838. The lowest BCUT2D eigenvalue weighted by molar-refractivity contribution is -0.303. The number of benzene rings is 2. The van der Waals surface area contributed by atoms with Gasteiger partial charge in [-0.05, 0) is 43.3 Å². The van der Waals surface area contributed by atoms with Gasteiger partial charge in [0.15, 0.2) is 0 Å². The van der Waals surface area contributed by atoms with Crippen LogP contribution in [-0.2, 0) is 14.8 Å². The number of halogens is 1. The molecule has 8 heteroatoms. The van der Waals surface area contributed by atoms with Crippen molar-refractivity contribution in [1.82, 2.24) is 0 Å². The van der Waals surface area contributed by atoms with Gasteiger partial charge in [-0.2, -0.15) is 0 Å². The van der Waals surface area contributed by atoms with Crippen LogP contribution in [0.5, 0.6) is 5.75 Å². The van der Waals surface area contributed by atoms with Crippen molar-refractivity contribution >= 4 is 33.3 Å². The molecule has 0 bridgehead atoms. The molecule has 2 aromatic carbocycles. The van der Waals surface area contributed by atoms with Gasteiger partial charge in [0.2, 0.25) is 0 Å². The van der Waals surface area contributed by atoms with E-state index in [-0.39, 0.29) is 16.3 Å². The number of aliphatic carboxylic acids is 1. The van der Waals surface area contributed by atoms with E-state index in [1.54, 1.807) is 25.1 Å². The Morgan fingerprint density at radius 3 is 2.38 bits per heavy atom. The van der Waals surface area contributed by atoms with Crippen LogP contribution in [0.2, 0.25) is 5.02 Å². The molecule has 0 amide bonds. The highest BCUT2D eigenvalue weighted by Gasteiger charge is 2.27. The van der Waals surface area contributed by atoms with Crippen LogP contribution in [0.25, 0.3) is 0 Å². The maximum absolute atomic E-state index is 12.9. The van der Waals surface area contributed by atoms with Crippen LogP contribution in [0.4, 0.5) is 5.69 Å². The maximum atomic E-state index is 12.9. The van der Waals surface area contributed by atoms with Gasteiger partial charge in [0.05, 0.1) is 29.7 Å². The number of sulfonamides is 1. The van der Waals surface area contributed by atoms with Gasteiger partial charge in [-0.15, -0.1) is 0 Å². The molecule has 0 unspecified atom stereocenters. The fourth-order valence-electron chi connectivity index (χ4n) is 2.09. The molecule has 0 fully saturated rings. The van der Waals surface area contributed by atoms with E-state index in [0.29, 0.717) is 11.6 Å². The van der Waals surface area contributed by atoms with E-state index in [9.17, 15) is 18.3 Å². The molecular weight excluding hydrogens is 354 g/mol. The molecule has 0 aliphatic carbocycles. The topological polar surface area (TPSA) is 86.7 Å². The van der Waals surface area contributed by atoms with Crippen molar-refractivity contribution in [3.05, 3.63) is 53.6 Å². The predicted octanol–water partition coefficient (Wildman–Crippen LogP) is 1.68. The Bertz CT molecular complexity index is 821. The number of carbonyl (C=O) groups is 1. The summed E-state index contributed by atoms with van der Waals surface area (Å²) in [6, 6.07) is 11.8. The third kappa shape index (κ3) is 3.98. The van der Waals surface area contributed by atoms with Crippen molar-refractivity contribution in [2.75, 3.05) is 17.5 Å². The Hall–Kier alpha value is -2.25. The summed E-state index contributed by atoms with van der Waals surface area (Å²) in [6.45, 7) is 1.21. The average molecular weight is 369 g/mol. The molecule has 2 rings (SSSR count). The van der Waals surface area contributed by atoms with Gasteiger partial charge < -0.3 is 14.6 Å². The number of hydrogen-bond acceptors (Lipinski definition) is 5. The highest BCUT2D eigenvalue weighted by molar-refractivity contribution is 7.92. The first-order valence-corrected chi connectivity index (χ1v) is 8.88. The molecule has 0 atom stereocenters. The van der Waals surface area contributed by atoms with Crippen molar-refractivity contribution in [3.63, 3.8) is 0 Å². The smallest absolute Gasteiger partial charge is 0.264 e. The summed E-state index contributed by atoms with van der Waals surface area (Å²) in [5.41, 5.74) is 0.124. The first-order valence-electron chi connectivity index (χ1n) is 7.06. The highest BCUT2D eigenvalue weighted by Crippen LogP contribution is 2.32. The van der Waals surface area contributed by atoms with Crippen molar-refractivity contribution in [2.45, 2.75) is 11.8 Å². The largest absolute Gasteiger partial charge is 0.548 e. The van der Waals surface area contributed by atoms with E-state index in [4.69, 9.17) is 16.3 Å². The van der Waals surface area contributed by atoms with Crippen LogP contribution >= 0.6 is 11.6 Å². The van der Waals surface area contributed by atoms with E-state index in [1.165, 1.54) is 30.3 Å². The predicted molar refractivity (Wildman–Crippen MR) is 88.6 cm³/mol. The summed E-state index contributed by atoms with van der Waals surface area (Å²) in [6.07, 6.45) is 0. The maximum Gasteiger partial charge on any atom is 0.264 e. The Morgan fingerprint density at radius 2 is 1.79 bits per heavy atom. The number of para-hydroxylation sites is 2. The highest BCUT2D eigenvalue weighted by atomic mass is 35.5. The zero-order valence-electron chi connectivity index (χ0n) is 12.8. The minimum Gasteiger partial charge on any atom is -0.548 e. The number of hydrogen-bond donors (Lipinski definition) is 0. The van der Waals surface area contributed by atoms with Crippen LogP contribution in [0.3, 0.4) is 0 Å². The Morgan fingerprint density at radius 1 is 1.17 bits per heavy atom. The lowest BCUT2D eigenvalue weighted by Gasteiger charge is -2.26. The second-order valence-electron chi connectivity index (χ2n) is 4.74. The molecule has 0 saturated heterocycles. The van der Waals surface area contributed by atoms with E-state index in [0.717, 1.165) is 4.31 Å². The first kappa shape index (κ1) is 18.1. The van der Waals surface area contributed by atoms with Crippen LogP contribution < -0.4 is 14.1 Å². The van der Waals surface area contributed by atoms with Gasteiger partial charge in [0.25, 0.3) is 10.0 Å². The van der Waals surface area contributed by atoms with E-state index < -0.39 is 22.5 Å². The van der Waals surface area contributed by atoms with Crippen LogP contribution in [0.15, 0.2) is 53.4 Å². The summed E-state index contributed by atoms with van der Waals surface area (Å²) in [4.78, 5) is 11.0. The van der Waals surface area contributed by atoms with E-state index >= 15 is 0 Å². The van der Waals surface area contributed by atoms with Crippen molar-refractivity contribution in [1.29, 1.82) is 0 Å². The van der Waals surface area contributed by atoms with Gasteiger partial charge in [-0.3, -0.25) is 4.31 Å². The third-order valence-electron chi connectivity index (χ3n) is 3.11. The lowest BCUT2D eigenvalue weighted by Crippen LogP contribution is -2.41. The zero-order chi connectivity index (χ0) is 17.7. The number of nitrogens with zero attached hydrogens (tertiary/aromatic N) is 1. The number of carbonyl (C=O) groups excluding carboxylic acids is 1. The molecular formula is C16H15ClNO5S-. The van der Waals surface area contributed by atoms with E-state index in [1.807, 2.05) is 0 Å². The standard InChI is InChI=1S/C16H16ClNO5S/c1-2-23-15-6-4-3-5-14(15)18(11-16(19)20)24(21,22)13-9-7-12(17)8-10-13/h3-10H,2,11H2,1H3,(H,19,20)/p-1. The lowest BCUT2D eigenvalue weighted by atomic mass is 10.3. The average Bonchev–Trinajstić information content (AvgIpc) is 2.54. The number of anilines is 1. The van der Waals surface area contributed by atoms with Gasteiger partial charge in [-0.25, -0.2) is 8.42 Å². The Kier molecular flexibility index (Phi) is 5.69. The molecule has 2 aromatic rings. The molecule has 6 nitrogen and oxygen atoms in total. The molecule has 0 spiro atoms. The Balaban J connectivity index is 2.57. The fraction of sp³-hybridized carbons (Fsp3) is 0.188. The van der Waals surface area contributed by atoms with Crippen molar-refractivity contribution in [2.24, 2.45) is 0 Å². The SMILES string of the molecule is CCOc1ccccc1N(CC(=O)[O-])S(=O)(=O)c1ccc(Cl)cc1. The van der Waals surface area contributed by atoms with Crippen LogP contribution in [0.1, 0.15) is 6.92 Å². The number of rotatable bonds is 7. The zero-order valence-corrected chi connectivity index (χ0v) is 14.4. The first-order chi connectivity index (χ1) is 11.4. The second-order valence-corrected chi connectivity index (χ2v) is 7.04. The summed E-state index contributed by atoms with van der Waals surface area (Å²) in [5, 5.41) is 11.5. The van der Waals surface area contributed by atoms with Gasteiger partial charge in [0.1, 0.15) is 5.75 Å². The monoisotopic (exact) mass is 368 g/mol. The fourth-order valence-corrected chi connectivity index (χ4v) is 3.64. The number of carboxylic acid groups (broad SMARTS) is 1. The number of ether oxygens (including phenoxy) is 1. The van der Waals surface area contributed by atoms with Crippen molar-refractivity contribution < 1.29 is 23.1 Å². The molecule has 128 valence electrons. The summed E-state index contributed by atoms with van der Waals surface area (Å²) >= 11 is 5.78. The van der Waals surface area contributed by atoms with Gasteiger partial charge >= 0.3 is 0 Å². The normalized spacial score (nSPS) is 11.1. The molecule has 0 aliphatic heterocycles. The molecule has 0 aliphatic rings. The van der Waals surface area contributed by atoms with E-state index in [2.05, 4.69) is 0 Å². The van der Waals surface area contributed by atoms with Crippen LogP contribution in [0, 0.1) is 0 Å². The molecule has 24 heavy (non-hydrogen) atoms. The molecule has 0 radical (unpaired) electrons. The second kappa shape index (κ2) is 7.55.